The maximum absolute atomic E-state index is 2.35. The summed E-state index contributed by atoms with van der Waals surface area (Å²) in [4.78, 5) is 2.31. The molecule has 0 atom stereocenters. The predicted molar refractivity (Wildman–Crippen MR) is 203 cm³/mol. The zero-order chi connectivity index (χ0) is 32.0. The van der Waals surface area contributed by atoms with E-state index in [1.807, 2.05) is 13.8 Å². The van der Waals surface area contributed by atoms with Crippen LogP contribution < -0.4 is 15.3 Å². The van der Waals surface area contributed by atoms with Crippen molar-refractivity contribution in [1.29, 1.82) is 0 Å². The summed E-state index contributed by atoms with van der Waals surface area (Å²) < 4.78 is 0. The van der Waals surface area contributed by atoms with E-state index in [-0.39, 0.29) is 0 Å². The Kier molecular flexibility index (Phi) is 9.13. The molecule has 1 nitrogen and oxygen atoms in total. The molecule has 0 saturated heterocycles. The van der Waals surface area contributed by atoms with Crippen molar-refractivity contribution < 1.29 is 0 Å². The largest absolute Gasteiger partial charge is 0.311 e. The van der Waals surface area contributed by atoms with E-state index in [0.717, 1.165) is 17.1 Å². The van der Waals surface area contributed by atoms with Gasteiger partial charge in [0.15, 0.2) is 0 Å². The third kappa shape index (κ3) is 5.73. The second-order valence-electron chi connectivity index (χ2n) is 11.3. The molecule has 0 amide bonds. The van der Waals surface area contributed by atoms with Crippen LogP contribution in [0.5, 0.6) is 0 Å². The molecule has 0 aliphatic heterocycles. The lowest BCUT2D eigenvalue weighted by atomic mass is 9.87. The molecule has 0 spiro atoms. The van der Waals surface area contributed by atoms with Gasteiger partial charge in [-0.25, -0.2) is 0 Å². The molecule has 0 fully saturated rings. The quantitative estimate of drug-likeness (QED) is 0.191. The number of benzene rings is 7. The third-order valence-corrected chi connectivity index (χ3v) is 8.60. The second-order valence-corrected chi connectivity index (χ2v) is 11.3. The maximum Gasteiger partial charge on any atom is 0.0462 e. The van der Waals surface area contributed by atoms with E-state index in [1.165, 1.54) is 59.8 Å². The summed E-state index contributed by atoms with van der Waals surface area (Å²) in [6, 6.07) is 52.7. The highest BCUT2D eigenvalue weighted by Gasteiger charge is 2.16. The Balaban J connectivity index is 0.00000182. The van der Waals surface area contributed by atoms with Gasteiger partial charge < -0.3 is 4.90 Å². The molecule has 0 bridgehead atoms. The van der Waals surface area contributed by atoms with Crippen molar-refractivity contribution in [2.75, 3.05) is 4.90 Å². The van der Waals surface area contributed by atoms with Gasteiger partial charge in [0.25, 0.3) is 0 Å². The highest BCUT2D eigenvalue weighted by molar-refractivity contribution is 6.06. The van der Waals surface area contributed by atoms with Gasteiger partial charge in [-0.3, -0.25) is 0 Å². The highest BCUT2D eigenvalue weighted by atomic mass is 15.1. The van der Waals surface area contributed by atoms with E-state index in [9.17, 15) is 0 Å². The number of nitrogens with zero attached hydrogens (tertiary/aromatic N) is 1. The van der Waals surface area contributed by atoms with Crippen LogP contribution in [-0.2, 0) is 0 Å². The number of hydrogen-bond donors (Lipinski definition) is 0. The average Bonchev–Trinajstić information content (AvgIpc) is 3.12. The first-order chi connectivity index (χ1) is 22.7. The van der Waals surface area contributed by atoms with Crippen molar-refractivity contribution in [3.05, 3.63) is 162 Å². The molecule has 0 aliphatic rings. The summed E-state index contributed by atoms with van der Waals surface area (Å²) in [5.41, 5.74) is 9.71. The van der Waals surface area contributed by atoms with E-state index in [2.05, 4.69) is 183 Å². The van der Waals surface area contributed by atoms with Crippen molar-refractivity contribution in [1.82, 2.24) is 0 Å². The first-order valence-corrected chi connectivity index (χ1v) is 16.3. The van der Waals surface area contributed by atoms with Crippen molar-refractivity contribution in [2.24, 2.45) is 0 Å². The Hall–Kier alpha value is -5.40. The summed E-state index contributed by atoms with van der Waals surface area (Å²) in [7, 11) is 0. The lowest BCUT2D eigenvalue weighted by Crippen LogP contribution is -2.29. The van der Waals surface area contributed by atoms with Crippen molar-refractivity contribution in [2.45, 2.75) is 34.6 Å². The summed E-state index contributed by atoms with van der Waals surface area (Å²) >= 11 is 0. The van der Waals surface area contributed by atoms with Crippen LogP contribution in [0.2, 0.25) is 0 Å². The fourth-order valence-electron chi connectivity index (χ4n) is 6.60. The fourth-order valence-corrected chi connectivity index (χ4v) is 6.60. The van der Waals surface area contributed by atoms with Gasteiger partial charge in [-0.2, -0.15) is 0 Å². The molecular formula is C45H41N. The minimum atomic E-state index is 1.13. The number of rotatable bonds is 5. The molecule has 0 saturated carbocycles. The van der Waals surface area contributed by atoms with E-state index in [4.69, 9.17) is 0 Å². The van der Waals surface area contributed by atoms with E-state index >= 15 is 0 Å². The highest BCUT2D eigenvalue weighted by Crippen LogP contribution is 2.37. The normalized spacial score (nSPS) is 11.8. The van der Waals surface area contributed by atoms with Crippen LogP contribution in [0.1, 0.15) is 33.3 Å². The number of anilines is 3. The van der Waals surface area contributed by atoms with Gasteiger partial charge in [-0.05, 0) is 117 Å². The topological polar surface area (TPSA) is 3.24 Å². The standard InChI is InChI=1S/C43H35N.C2H6/c1-4-38-39(5-2)43(34-23-22-32-28-30(3)20-21-33(32)29-34)41-19-13-12-18-40(41)42(38)31-24-26-37(27-25-31)44(35-14-8-6-9-15-35)36-16-10-7-11-17-36;1-2/h4-29H,1-3H3;1-2H3/b38-4+,39-5+;. The summed E-state index contributed by atoms with van der Waals surface area (Å²) in [5, 5.41) is 7.61. The van der Waals surface area contributed by atoms with Crippen LogP contribution in [-0.4, -0.2) is 0 Å². The minimum Gasteiger partial charge on any atom is -0.311 e. The molecule has 0 aliphatic carbocycles. The fraction of sp³-hybridized carbons (Fsp3) is 0.111. The molecule has 0 radical (unpaired) electrons. The Labute approximate surface area is 273 Å². The summed E-state index contributed by atoms with van der Waals surface area (Å²) in [6.07, 6.45) is 4.56. The van der Waals surface area contributed by atoms with Gasteiger partial charge in [0.1, 0.15) is 0 Å². The van der Waals surface area contributed by atoms with Gasteiger partial charge >= 0.3 is 0 Å². The number of para-hydroxylation sites is 2. The summed E-state index contributed by atoms with van der Waals surface area (Å²) in [6.45, 7) is 10.5. The van der Waals surface area contributed by atoms with Crippen LogP contribution in [0.15, 0.2) is 146 Å². The zero-order valence-electron chi connectivity index (χ0n) is 27.5. The Morgan fingerprint density at radius 2 is 0.870 bits per heavy atom. The SMILES string of the molecule is C/C=c1/c(-c2ccc(N(c3ccccc3)c3ccccc3)cc2)c2ccccc2c(-c2ccc3cc(C)ccc3c2)/c1=C/C.CC. The molecule has 0 N–H and O–H groups in total. The molecule has 0 unspecified atom stereocenters. The molecule has 7 aromatic carbocycles. The van der Waals surface area contributed by atoms with Crippen molar-refractivity contribution >= 4 is 50.8 Å². The molecule has 7 rings (SSSR count). The zero-order valence-corrected chi connectivity index (χ0v) is 27.5. The Morgan fingerprint density at radius 1 is 0.435 bits per heavy atom. The van der Waals surface area contributed by atoms with Crippen molar-refractivity contribution in [3.63, 3.8) is 0 Å². The molecule has 7 aromatic rings. The Bertz CT molecular complexity index is 2190. The third-order valence-electron chi connectivity index (χ3n) is 8.60. The van der Waals surface area contributed by atoms with Crippen LogP contribution in [0.3, 0.4) is 0 Å². The van der Waals surface area contributed by atoms with Crippen LogP contribution in [0.25, 0.3) is 56.0 Å². The summed E-state index contributed by atoms with van der Waals surface area (Å²) in [5.74, 6) is 0. The second kappa shape index (κ2) is 13.7. The van der Waals surface area contributed by atoms with E-state index < -0.39 is 0 Å². The van der Waals surface area contributed by atoms with E-state index in [0.29, 0.717) is 0 Å². The monoisotopic (exact) mass is 595 g/mol. The van der Waals surface area contributed by atoms with Gasteiger partial charge in [-0.15, -0.1) is 0 Å². The first-order valence-electron chi connectivity index (χ1n) is 16.3. The molecule has 0 aromatic heterocycles. The Morgan fingerprint density at radius 3 is 1.41 bits per heavy atom. The lowest BCUT2D eigenvalue weighted by Gasteiger charge is -2.25. The molecule has 1 heteroatoms. The van der Waals surface area contributed by atoms with Crippen LogP contribution in [0, 0.1) is 6.92 Å². The molecule has 0 heterocycles. The number of fused-ring (bicyclic) bond motifs is 2. The minimum absolute atomic E-state index is 1.13. The predicted octanol–water partition coefficient (Wildman–Crippen LogP) is 11.7. The number of aryl methyl sites for hydroxylation is 1. The van der Waals surface area contributed by atoms with Gasteiger partial charge in [0.05, 0.1) is 0 Å². The van der Waals surface area contributed by atoms with E-state index in [1.54, 1.807) is 0 Å². The van der Waals surface area contributed by atoms with Crippen molar-refractivity contribution in [3.8, 4) is 22.3 Å². The van der Waals surface area contributed by atoms with Crippen LogP contribution >= 0.6 is 0 Å². The molecular weight excluding hydrogens is 555 g/mol. The molecule has 46 heavy (non-hydrogen) atoms. The van der Waals surface area contributed by atoms with Gasteiger partial charge in [0.2, 0.25) is 0 Å². The van der Waals surface area contributed by atoms with Gasteiger partial charge in [-0.1, -0.05) is 135 Å². The number of hydrogen-bond acceptors (Lipinski definition) is 1. The average molecular weight is 596 g/mol. The van der Waals surface area contributed by atoms with Crippen LogP contribution in [0.4, 0.5) is 17.1 Å². The van der Waals surface area contributed by atoms with Gasteiger partial charge in [0, 0.05) is 17.1 Å². The smallest absolute Gasteiger partial charge is 0.0462 e. The molecule has 226 valence electrons. The lowest BCUT2D eigenvalue weighted by molar-refractivity contribution is 1.28. The first kappa shape index (κ1) is 30.6. The maximum atomic E-state index is 2.35.